The lowest BCUT2D eigenvalue weighted by Crippen LogP contribution is -2.49. The summed E-state index contributed by atoms with van der Waals surface area (Å²) in [4.78, 5) is 21.3. The first-order chi connectivity index (χ1) is 18.8. The monoisotopic (exact) mass is 531 g/mol. The predicted molar refractivity (Wildman–Crippen MR) is 145 cm³/mol. The summed E-state index contributed by atoms with van der Waals surface area (Å²) in [6.07, 6.45) is 0. The van der Waals surface area contributed by atoms with Gasteiger partial charge < -0.3 is 19.2 Å². The molecular formula is C28H33N7O4. The van der Waals surface area contributed by atoms with Crippen LogP contribution in [-0.4, -0.2) is 75.1 Å². The Balaban J connectivity index is 1.31. The van der Waals surface area contributed by atoms with Gasteiger partial charge in [0, 0.05) is 49.2 Å². The van der Waals surface area contributed by atoms with Gasteiger partial charge in [-0.2, -0.15) is 0 Å². The maximum atomic E-state index is 13.5. The van der Waals surface area contributed by atoms with E-state index in [4.69, 9.17) is 14.2 Å². The minimum absolute atomic E-state index is 0.149. The number of aromatic amines is 1. The molecule has 0 saturated carbocycles. The van der Waals surface area contributed by atoms with Crippen molar-refractivity contribution in [1.82, 2.24) is 35.0 Å². The van der Waals surface area contributed by atoms with Crippen molar-refractivity contribution < 1.29 is 14.2 Å². The van der Waals surface area contributed by atoms with E-state index in [9.17, 15) is 4.79 Å². The van der Waals surface area contributed by atoms with E-state index in [2.05, 4.69) is 63.2 Å². The van der Waals surface area contributed by atoms with Crippen LogP contribution < -0.4 is 19.8 Å². The summed E-state index contributed by atoms with van der Waals surface area (Å²) in [5.74, 6) is 2.97. The Hall–Kier alpha value is -3.96. The molecule has 1 saturated heterocycles. The highest BCUT2D eigenvalue weighted by Gasteiger charge is 2.35. The summed E-state index contributed by atoms with van der Waals surface area (Å²) in [6, 6.07) is 13.3. The number of aromatic nitrogens is 5. The topological polar surface area (TPSA) is 111 Å². The van der Waals surface area contributed by atoms with Gasteiger partial charge in [-0.25, -0.2) is 4.68 Å². The molecule has 204 valence electrons. The fourth-order valence-corrected chi connectivity index (χ4v) is 5.35. The summed E-state index contributed by atoms with van der Waals surface area (Å²) < 4.78 is 18.3. The molecule has 11 heteroatoms. The van der Waals surface area contributed by atoms with E-state index in [-0.39, 0.29) is 17.9 Å². The second kappa shape index (κ2) is 9.97. The molecule has 1 fully saturated rings. The van der Waals surface area contributed by atoms with E-state index >= 15 is 0 Å². The Kier molecular flexibility index (Phi) is 6.48. The highest BCUT2D eigenvalue weighted by molar-refractivity contribution is 5.80. The van der Waals surface area contributed by atoms with Crippen LogP contribution in [0.3, 0.4) is 0 Å². The molecule has 0 amide bonds. The Morgan fingerprint density at radius 3 is 2.59 bits per heavy atom. The third-order valence-corrected chi connectivity index (χ3v) is 7.36. The van der Waals surface area contributed by atoms with Crippen molar-refractivity contribution in [2.75, 3.05) is 40.1 Å². The lowest BCUT2D eigenvalue weighted by atomic mass is 10.0. The van der Waals surface area contributed by atoms with Crippen LogP contribution in [0.4, 0.5) is 0 Å². The molecule has 1 N–H and O–H groups in total. The highest BCUT2D eigenvalue weighted by Crippen LogP contribution is 2.34. The Labute approximate surface area is 226 Å². The molecule has 2 aliphatic heterocycles. The van der Waals surface area contributed by atoms with Gasteiger partial charge in [0.25, 0.3) is 5.56 Å². The van der Waals surface area contributed by atoms with Crippen LogP contribution in [0.15, 0.2) is 47.3 Å². The van der Waals surface area contributed by atoms with E-state index < -0.39 is 6.04 Å². The number of methoxy groups -OCH3 is 1. The molecule has 2 aromatic heterocycles. The molecule has 6 rings (SSSR count). The Morgan fingerprint density at radius 2 is 1.82 bits per heavy atom. The fourth-order valence-electron chi connectivity index (χ4n) is 5.35. The first-order valence-corrected chi connectivity index (χ1v) is 13.1. The number of fused-ring (bicyclic) bond motifs is 2. The van der Waals surface area contributed by atoms with Crippen molar-refractivity contribution in [2.24, 2.45) is 0 Å². The van der Waals surface area contributed by atoms with Gasteiger partial charge in [-0.3, -0.25) is 14.6 Å². The number of pyridine rings is 1. The molecule has 2 aromatic carbocycles. The second-order valence-electron chi connectivity index (χ2n) is 11.0. The van der Waals surface area contributed by atoms with Crippen LogP contribution >= 0.6 is 0 Å². The molecule has 11 nitrogen and oxygen atoms in total. The number of rotatable bonds is 6. The summed E-state index contributed by atoms with van der Waals surface area (Å²) in [5.41, 5.74) is 2.04. The Morgan fingerprint density at radius 1 is 1.03 bits per heavy atom. The number of H-pyrrole nitrogens is 1. The number of hydrogen-bond acceptors (Lipinski definition) is 9. The Bertz CT molecular complexity index is 1550. The number of hydrogen-bond donors (Lipinski definition) is 1. The number of benzene rings is 2. The summed E-state index contributed by atoms with van der Waals surface area (Å²) in [5, 5.41) is 13.7. The van der Waals surface area contributed by atoms with Gasteiger partial charge in [-0.15, -0.1) is 5.10 Å². The molecule has 4 aromatic rings. The van der Waals surface area contributed by atoms with Crippen molar-refractivity contribution in [3.05, 3.63) is 69.8 Å². The maximum Gasteiger partial charge on any atom is 0.253 e. The van der Waals surface area contributed by atoms with Gasteiger partial charge in [0.1, 0.15) is 11.8 Å². The molecule has 2 aliphatic rings. The molecule has 0 unspecified atom stereocenters. The highest BCUT2D eigenvalue weighted by atomic mass is 16.7. The molecule has 39 heavy (non-hydrogen) atoms. The molecule has 1 atom stereocenters. The minimum Gasteiger partial charge on any atom is -0.497 e. The SMILES string of the molecule is COc1ccc2[nH]c(=O)c([C@H](c3nnnn3C(C)(C)C)N3CCN(Cc4ccc5c(c4)OCO5)CC3)cc2c1. The lowest BCUT2D eigenvalue weighted by Gasteiger charge is -2.39. The average Bonchev–Trinajstić information content (AvgIpc) is 3.60. The first kappa shape index (κ1) is 25.3. The third kappa shape index (κ3) is 4.95. The zero-order valence-corrected chi connectivity index (χ0v) is 22.7. The van der Waals surface area contributed by atoms with Gasteiger partial charge in [0.05, 0.1) is 12.6 Å². The molecular weight excluding hydrogens is 498 g/mol. The van der Waals surface area contributed by atoms with E-state index in [1.54, 1.807) is 7.11 Å². The van der Waals surface area contributed by atoms with Crippen molar-refractivity contribution in [3.63, 3.8) is 0 Å². The zero-order valence-electron chi connectivity index (χ0n) is 22.7. The summed E-state index contributed by atoms with van der Waals surface area (Å²) >= 11 is 0. The molecule has 0 aliphatic carbocycles. The number of nitrogens with zero attached hydrogens (tertiary/aromatic N) is 6. The van der Waals surface area contributed by atoms with Gasteiger partial charge >= 0.3 is 0 Å². The quantitative estimate of drug-likeness (QED) is 0.401. The van der Waals surface area contributed by atoms with Gasteiger partial charge in [0.15, 0.2) is 17.3 Å². The summed E-state index contributed by atoms with van der Waals surface area (Å²) in [6.45, 7) is 10.4. The van der Waals surface area contributed by atoms with Crippen molar-refractivity contribution in [3.8, 4) is 17.2 Å². The normalized spacial score (nSPS) is 17.0. The maximum absolute atomic E-state index is 13.5. The number of piperazine rings is 1. The van der Waals surface area contributed by atoms with Gasteiger partial charge in [-0.05, 0) is 73.2 Å². The summed E-state index contributed by atoms with van der Waals surface area (Å²) in [7, 11) is 1.64. The van der Waals surface area contributed by atoms with Crippen LogP contribution in [0.2, 0.25) is 0 Å². The second-order valence-corrected chi connectivity index (χ2v) is 11.0. The molecule has 0 spiro atoms. The predicted octanol–water partition coefficient (Wildman–Crippen LogP) is 2.91. The van der Waals surface area contributed by atoms with Crippen LogP contribution in [0.1, 0.15) is 43.8 Å². The van der Waals surface area contributed by atoms with Crippen molar-refractivity contribution in [2.45, 2.75) is 38.9 Å². The largest absolute Gasteiger partial charge is 0.497 e. The van der Waals surface area contributed by atoms with Gasteiger partial charge in [-0.1, -0.05) is 6.07 Å². The number of ether oxygens (including phenoxy) is 3. The minimum atomic E-state index is -0.411. The average molecular weight is 532 g/mol. The van der Waals surface area contributed by atoms with Crippen LogP contribution in [0, 0.1) is 0 Å². The number of tetrazole rings is 1. The number of nitrogens with one attached hydrogen (secondary N) is 1. The van der Waals surface area contributed by atoms with Crippen molar-refractivity contribution in [1.29, 1.82) is 0 Å². The van der Waals surface area contributed by atoms with E-state index in [0.29, 0.717) is 11.4 Å². The molecule has 4 heterocycles. The van der Waals surface area contributed by atoms with E-state index in [1.165, 1.54) is 5.56 Å². The van der Waals surface area contributed by atoms with Crippen LogP contribution in [0.25, 0.3) is 10.9 Å². The first-order valence-electron chi connectivity index (χ1n) is 13.1. The van der Waals surface area contributed by atoms with Crippen LogP contribution in [0.5, 0.6) is 17.2 Å². The third-order valence-electron chi connectivity index (χ3n) is 7.36. The lowest BCUT2D eigenvalue weighted by molar-refractivity contribution is 0.0975. The van der Waals surface area contributed by atoms with E-state index in [1.807, 2.05) is 35.0 Å². The van der Waals surface area contributed by atoms with Crippen molar-refractivity contribution >= 4 is 10.9 Å². The van der Waals surface area contributed by atoms with E-state index in [0.717, 1.165) is 60.9 Å². The zero-order chi connectivity index (χ0) is 27.1. The molecule has 0 bridgehead atoms. The van der Waals surface area contributed by atoms with Crippen LogP contribution in [-0.2, 0) is 12.1 Å². The standard InChI is InChI=1S/C28H33N7O4/c1-28(2,3)35-26(30-31-32-35)25(21-15-19-14-20(37-4)6-7-22(19)29-27(21)36)34-11-9-33(10-12-34)16-18-5-8-23-24(13-18)39-17-38-23/h5-8,13-15,25H,9-12,16-17H2,1-4H3,(H,29,36)/t25-/m1/s1. The smallest absolute Gasteiger partial charge is 0.253 e. The molecule has 0 radical (unpaired) electrons. The fraction of sp³-hybridized carbons (Fsp3) is 0.429. The van der Waals surface area contributed by atoms with Gasteiger partial charge in [0.2, 0.25) is 6.79 Å².